The molecule has 7 heteroatoms. The minimum atomic E-state index is 0.0987. The predicted octanol–water partition coefficient (Wildman–Crippen LogP) is 3.97. The molecule has 2 aliphatic rings. The van der Waals surface area contributed by atoms with Crippen LogP contribution in [0, 0.1) is 5.92 Å². The topological polar surface area (TPSA) is 72.3 Å². The van der Waals surface area contributed by atoms with E-state index >= 15 is 0 Å². The zero-order chi connectivity index (χ0) is 21.7. The lowest BCUT2D eigenvalue weighted by atomic mass is 10.1. The first-order valence-corrected chi connectivity index (χ1v) is 11.2. The molecule has 1 saturated heterocycles. The number of carbonyl (C=O) groups excluding carboxylic acids is 1. The smallest absolute Gasteiger partial charge is 0.227 e. The van der Waals surface area contributed by atoms with Crippen molar-refractivity contribution in [2.75, 3.05) is 36.5 Å². The van der Waals surface area contributed by atoms with Crippen LogP contribution in [0.1, 0.15) is 12.8 Å². The summed E-state index contributed by atoms with van der Waals surface area (Å²) >= 11 is 0. The number of fused-ring (bicyclic) bond motifs is 3. The summed E-state index contributed by atoms with van der Waals surface area (Å²) in [5.74, 6) is 1.86. The van der Waals surface area contributed by atoms with Crippen molar-refractivity contribution in [3.05, 3.63) is 48.7 Å². The van der Waals surface area contributed by atoms with Crippen molar-refractivity contribution in [2.24, 2.45) is 13.0 Å². The van der Waals surface area contributed by atoms with E-state index in [0.29, 0.717) is 19.0 Å². The summed E-state index contributed by atoms with van der Waals surface area (Å²) in [7, 11) is 2.05. The lowest BCUT2D eigenvalue weighted by Gasteiger charge is -2.29. The average molecular weight is 428 g/mol. The van der Waals surface area contributed by atoms with E-state index in [-0.39, 0.29) is 11.8 Å². The van der Waals surface area contributed by atoms with Gasteiger partial charge in [-0.1, -0.05) is 12.1 Å². The summed E-state index contributed by atoms with van der Waals surface area (Å²) in [4.78, 5) is 24.6. The van der Waals surface area contributed by atoms with Gasteiger partial charge >= 0.3 is 0 Å². The molecule has 1 aliphatic carbocycles. The monoisotopic (exact) mass is 427 g/mol. The van der Waals surface area contributed by atoms with E-state index in [1.54, 1.807) is 0 Å². The van der Waals surface area contributed by atoms with Crippen LogP contribution in [0.5, 0.6) is 0 Å². The van der Waals surface area contributed by atoms with Gasteiger partial charge in [0.25, 0.3) is 0 Å². The number of hydrogen-bond donors (Lipinski definition) is 1. The fourth-order valence-electron chi connectivity index (χ4n) is 4.40. The van der Waals surface area contributed by atoms with Crippen LogP contribution in [0.15, 0.2) is 48.7 Å². The number of nitrogens with zero attached hydrogens (tertiary/aromatic N) is 4. The molecule has 0 radical (unpaired) electrons. The Labute approximate surface area is 186 Å². The van der Waals surface area contributed by atoms with Crippen LogP contribution in [0.4, 0.5) is 11.5 Å². The quantitative estimate of drug-likeness (QED) is 0.534. The molecule has 0 atom stereocenters. The Bertz CT molecular complexity index is 1340. The zero-order valence-electron chi connectivity index (χ0n) is 18.0. The highest BCUT2D eigenvalue weighted by Crippen LogP contribution is 2.34. The number of rotatable bonds is 4. The van der Waals surface area contributed by atoms with Gasteiger partial charge in [0.15, 0.2) is 5.82 Å². The molecule has 0 bridgehead atoms. The molecule has 1 saturated carbocycles. The minimum Gasteiger partial charge on any atom is -0.378 e. The van der Waals surface area contributed by atoms with Crippen LogP contribution in [0.25, 0.3) is 33.2 Å². The third-order valence-electron chi connectivity index (χ3n) is 6.36. The number of hydrogen-bond acceptors (Lipinski definition) is 5. The lowest BCUT2D eigenvalue weighted by Crippen LogP contribution is -2.37. The van der Waals surface area contributed by atoms with Crippen LogP contribution in [0.2, 0.25) is 0 Å². The summed E-state index contributed by atoms with van der Waals surface area (Å²) in [5.41, 5.74) is 3.76. The van der Waals surface area contributed by atoms with E-state index in [1.165, 1.54) is 0 Å². The lowest BCUT2D eigenvalue weighted by molar-refractivity contribution is -0.117. The van der Waals surface area contributed by atoms with Gasteiger partial charge in [0.05, 0.1) is 18.7 Å². The van der Waals surface area contributed by atoms with E-state index in [9.17, 15) is 4.79 Å². The van der Waals surface area contributed by atoms with E-state index in [1.807, 2.05) is 31.3 Å². The van der Waals surface area contributed by atoms with Crippen molar-refractivity contribution in [1.29, 1.82) is 0 Å². The van der Waals surface area contributed by atoms with Gasteiger partial charge in [-0.3, -0.25) is 4.79 Å². The Hall–Kier alpha value is -3.45. The van der Waals surface area contributed by atoms with Crippen LogP contribution in [-0.2, 0) is 16.6 Å². The van der Waals surface area contributed by atoms with Crippen molar-refractivity contribution in [3.63, 3.8) is 0 Å². The van der Waals surface area contributed by atoms with Crippen molar-refractivity contribution in [1.82, 2.24) is 14.5 Å². The van der Waals surface area contributed by atoms with Crippen LogP contribution < -0.4 is 10.2 Å². The second-order valence-corrected chi connectivity index (χ2v) is 8.64. The van der Waals surface area contributed by atoms with Gasteiger partial charge in [0.1, 0.15) is 5.82 Å². The third kappa shape index (κ3) is 3.39. The first-order chi connectivity index (χ1) is 15.7. The molecular formula is C25H25N5O2. The van der Waals surface area contributed by atoms with Gasteiger partial charge in [-0.15, -0.1) is 0 Å². The number of amides is 1. The molecule has 32 heavy (non-hydrogen) atoms. The highest BCUT2D eigenvalue weighted by atomic mass is 16.5. The molecule has 4 aromatic rings. The Balaban J connectivity index is 1.50. The van der Waals surface area contributed by atoms with Gasteiger partial charge in [0.2, 0.25) is 5.91 Å². The molecule has 1 amide bonds. The molecule has 7 nitrogen and oxygen atoms in total. The number of anilines is 2. The molecule has 6 rings (SSSR count). The maximum Gasteiger partial charge on any atom is 0.227 e. The molecule has 0 unspecified atom stereocenters. The summed E-state index contributed by atoms with van der Waals surface area (Å²) in [5, 5.41) is 5.20. The number of benzene rings is 2. The molecule has 2 fully saturated rings. The summed E-state index contributed by atoms with van der Waals surface area (Å²) in [6.45, 7) is 2.99. The minimum absolute atomic E-state index is 0.0987. The highest BCUT2D eigenvalue weighted by molar-refractivity contribution is 6.08. The predicted molar refractivity (Wildman–Crippen MR) is 126 cm³/mol. The molecule has 3 heterocycles. The number of aryl methyl sites for hydroxylation is 1. The van der Waals surface area contributed by atoms with Crippen molar-refractivity contribution >= 4 is 39.2 Å². The number of aromatic nitrogens is 3. The Morgan fingerprint density at radius 2 is 1.91 bits per heavy atom. The van der Waals surface area contributed by atoms with Gasteiger partial charge in [0, 0.05) is 59.8 Å². The SMILES string of the molecule is Cn1ccc2c3nc(-c4cccc(NC(=O)C5CC5)c4)nc(N4CCOCC4)c3ccc21. The van der Waals surface area contributed by atoms with E-state index < -0.39 is 0 Å². The second kappa shape index (κ2) is 7.60. The maximum absolute atomic E-state index is 12.2. The number of carbonyl (C=O) groups is 1. The Morgan fingerprint density at radius 1 is 1.06 bits per heavy atom. The first-order valence-electron chi connectivity index (χ1n) is 11.2. The second-order valence-electron chi connectivity index (χ2n) is 8.64. The van der Waals surface area contributed by atoms with Crippen molar-refractivity contribution in [3.8, 4) is 11.4 Å². The molecule has 0 spiro atoms. The first kappa shape index (κ1) is 19.3. The molecule has 1 aliphatic heterocycles. The molecule has 1 N–H and O–H groups in total. The standard InChI is InChI=1S/C25H25N5O2/c1-29-10-9-19-21(29)8-7-20-22(19)27-23(28-24(20)30-11-13-32-14-12-30)17-3-2-4-18(15-17)26-25(31)16-5-6-16/h2-4,7-10,15-16H,5-6,11-14H2,1H3,(H,26,31). The zero-order valence-corrected chi connectivity index (χ0v) is 18.0. The van der Waals surface area contributed by atoms with Crippen molar-refractivity contribution in [2.45, 2.75) is 12.8 Å². The van der Waals surface area contributed by atoms with Crippen molar-refractivity contribution < 1.29 is 9.53 Å². The molecule has 2 aromatic heterocycles. The van der Waals surface area contributed by atoms with E-state index in [4.69, 9.17) is 14.7 Å². The largest absolute Gasteiger partial charge is 0.378 e. The Morgan fingerprint density at radius 3 is 2.72 bits per heavy atom. The number of nitrogens with one attached hydrogen (secondary N) is 1. The average Bonchev–Trinajstić information content (AvgIpc) is 3.62. The van der Waals surface area contributed by atoms with Crippen LogP contribution in [0.3, 0.4) is 0 Å². The Kier molecular flexibility index (Phi) is 4.57. The van der Waals surface area contributed by atoms with Gasteiger partial charge in [-0.2, -0.15) is 0 Å². The van der Waals surface area contributed by atoms with Gasteiger partial charge in [-0.05, 0) is 43.2 Å². The fraction of sp³-hybridized carbons (Fsp3) is 0.320. The molecular weight excluding hydrogens is 402 g/mol. The third-order valence-corrected chi connectivity index (χ3v) is 6.36. The summed E-state index contributed by atoms with van der Waals surface area (Å²) in [6.07, 6.45) is 4.03. The number of ether oxygens (including phenoxy) is 1. The molecule has 162 valence electrons. The molecule has 2 aromatic carbocycles. The van der Waals surface area contributed by atoms with Crippen LogP contribution >= 0.6 is 0 Å². The number of morpholine rings is 1. The highest BCUT2D eigenvalue weighted by Gasteiger charge is 2.29. The van der Waals surface area contributed by atoms with Gasteiger partial charge < -0.3 is 19.5 Å². The summed E-state index contributed by atoms with van der Waals surface area (Å²) < 4.78 is 7.68. The summed E-state index contributed by atoms with van der Waals surface area (Å²) in [6, 6.07) is 14.2. The van der Waals surface area contributed by atoms with E-state index in [2.05, 4.69) is 39.2 Å². The van der Waals surface area contributed by atoms with Gasteiger partial charge in [-0.25, -0.2) is 9.97 Å². The fourth-order valence-corrected chi connectivity index (χ4v) is 4.40. The maximum atomic E-state index is 12.2. The van der Waals surface area contributed by atoms with E-state index in [0.717, 1.165) is 64.8 Å². The normalized spacial score (nSPS) is 16.6. The van der Waals surface area contributed by atoms with Crippen LogP contribution in [-0.4, -0.2) is 46.7 Å².